The predicted octanol–water partition coefficient (Wildman–Crippen LogP) is 2.79. The van der Waals surface area contributed by atoms with Crippen molar-refractivity contribution in [3.8, 4) is 5.75 Å². The van der Waals surface area contributed by atoms with E-state index in [2.05, 4.69) is 4.72 Å². The Morgan fingerprint density at radius 2 is 1.88 bits per heavy atom. The lowest BCUT2D eigenvalue weighted by Crippen LogP contribution is -2.26. The Kier molecular flexibility index (Phi) is 4.77. The molecule has 0 saturated carbocycles. The number of thiophene rings is 1. The highest BCUT2D eigenvalue weighted by Gasteiger charge is 2.24. The summed E-state index contributed by atoms with van der Waals surface area (Å²) in [4.78, 5) is 14.5. The van der Waals surface area contributed by atoms with Gasteiger partial charge in [0.1, 0.15) is 9.96 Å². The van der Waals surface area contributed by atoms with Crippen LogP contribution in [0.3, 0.4) is 0 Å². The van der Waals surface area contributed by atoms with Crippen molar-refractivity contribution in [1.29, 1.82) is 0 Å². The van der Waals surface area contributed by atoms with E-state index >= 15 is 0 Å². The van der Waals surface area contributed by atoms with Crippen LogP contribution < -0.4 is 9.46 Å². The molecule has 1 aromatic heterocycles. The molecule has 0 bridgehead atoms. The van der Waals surface area contributed by atoms with Crippen molar-refractivity contribution < 1.29 is 17.9 Å². The number of rotatable bonds is 5. The van der Waals surface area contributed by atoms with E-state index in [1.807, 2.05) is 0 Å². The van der Waals surface area contributed by atoms with Crippen LogP contribution in [0.1, 0.15) is 22.5 Å². The van der Waals surface area contributed by atoms with Crippen LogP contribution in [0.25, 0.3) is 0 Å². The van der Waals surface area contributed by atoms with Crippen molar-refractivity contribution in [3.05, 3.63) is 41.3 Å². The number of nitrogens with one attached hydrogen (secondary N) is 1. The fourth-order valence-electron chi connectivity index (χ4n) is 2.58. The van der Waals surface area contributed by atoms with Crippen molar-refractivity contribution in [2.24, 2.45) is 0 Å². The van der Waals surface area contributed by atoms with Crippen LogP contribution in [-0.4, -0.2) is 39.4 Å². The first-order valence-corrected chi connectivity index (χ1v) is 9.86. The molecule has 2 aromatic rings. The van der Waals surface area contributed by atoms with Gasteiger partial charge in [-0.25, -0.2) is 8.42 Å². The number of likely N-dealkylation sites (tertiary alicyclic amines) is 1. The minimum Gasteiger partial charge on any atom is -0.495 e. The van der Waals surface area contributed by atoms with E-state index in [1.54, 1.807) is 35.2 Å². The van der Waals surface area contributed by atoms with E-state index in [0.29, 0.717) is 16.3 Å². The number of anilines is 1. The van der Waals surface area contributed by atoms with E-state index in [4.69, 9.17) is 4.74 Å². The largest absolute Gasteiger partial charge is 0.495 e. The first-order chi connectivity index (χ1) is 11.5. The summed E-state index contributed by atoms with van der Waals surface area (Å²) in [5, 5.41) is 0. The Morgan fingerprint density at radius 3 is 2.58 bits per heavy atom. The van der Waals surface area contributed by atoms with E-state index in [1.165, 1.54) is 13.2 Å². The Hall–Kier alpha value is -2.06. The van der Waals surface area contributed by atoms with Crippen LogP contribution in [0, 0.1) is 0 Å². The molecule has 1 aliphatic heterocycles. The smallest absolute Gasteiger partial charge is 0.271 e. The maximum absolute atomic E-state index is 12.5. The number of methoxy groups -OCH3 is 1. The van der Waals surface area contributed by atoms with E-state index < -0.39 is 10.0 Å². The molecule has 128 valence electrons. The van der Waals surface area contributed by atoms with Crippen molar-refractivity contribution in [1.82, 2.24) is 4.90 Å². The van der Waals surface area contributed by atoms with Crippen molar-refractivity contribution in [3.63, 3.8) is 0 Å². The summed E-state index contributed by atoms with van der Waals surface area (Å²) in [5.41, 5.74) is 0.362. The maximum atomic E-state index is 12.5. The van der Waals surface area contributed by atoms with E-state index in [-0.39, 0.29) is 10.1 Å². The van der Waals surface area contributed by atoms with E-state index in [9.17, 15) is 13.2 Å². The van der Waals surface area contributed by atoms with Gasteiger partial charge in [-0.15, -0.1) is 11.3 Å². The molecule has 3 rings (SSSR count). The van der Waals surface area contributed by atoms with Crippen LogP contribution >= 0.6 is 11.3 Å². The Morgan fingerprint density at radius 1 is 1.17 bits per heavy atom. The number of ether oxygens (including phenoxy) is 1. The van der Waals surface area contributed by atoms with Crippen LogP contribution in [0.15, 0.2) is 40.6 Å². The fraction of sp³-hybridized carbons (Fsp3) is 0.312. The van der Waals surface area contributed by atoms with Gasteiger partial charge in [-0.1, -0.05) is 12.1 Å². The predicted molar refractivity (Wildman–Crippen MR) is 93.3 cm³/mol. The van der Waals surface area contributed by atoms with Crippen LogP contribution in [-0.2, 0) is 10.0 Å². The SMILES string of the molecule is COc1ccccc1NS(=O)(=O)c1ccc(C(=O)N2CCCC2)s1. The summed E-state index contributed by atoms with van der Waals surface area (Å²) in [7, 11) is -2.29. The van der Waals surface area contributed by atoms with Gasteiger partial charge in [-0.05, 0) is 37.1 Å². The van der Waals surface area contributed by atoms with E-state index in [0.717, 1.165) is 37.3 Å². The molecule has 0 aliphatic carbocycles. The number of nitrogens with zero attached hydrogens (tertiary/aromatic N) is 1. The van der Waals surface area contributed by atoms with Gasteiger partial charge in [0.05, 0.1) is 17.7 Å². The maximum Gasteiger partial charge on any atom is 0.271 e. The molecular formula is C16H18N2O4S2. The van der Waals surface area contributed by atoms with Gasteiger partial charge < -0.3 is 9.64 Å². The van der Waals surface area contributed by atoms with Gasteiger partial charge in [0, 0.05) is 13.1 Å². The molecule has 0 atom stereocenters. The number of hydrogen-bond donors (Lipinski definition) is 1. The Bertz CT molecular complexity index is 839. The molecule has 1 saturated heterocycles. The standard InChI is InChI=1S/C16H18N2O4S2/c1-22-13-7-3-2-6-12(13)17-24(20,21)15-9-8-14(23-15)16(19)18-10-4-5-11-18/h2-3,6-9,17H,4-5,10-11H2,1H3. The van der Waals surface area contributed by atoms with Gasteiger partial charge in [0.2, 0.25) is 0 Å². The highest BCUT2D eigenvalue weighted by Crippen LogP contribution is 2.29. The molecule has 0 radical (unpaired) electrons. The lowest BCUT2D eigenvalue weighted by molar-refractivity contribution is 0.0797. The first kappa shape index (κ1) is 16.8. The summed E-state index contributed by atoms with van der Waals surface area (Å²) >= 11 is 0.985. The van der Waals surface area contributed by atoms with Crippen LogP contribution in [0.4, 0.5) is 5.69 Å². The molecule has 24 heavy (non-hydrogen) atoms. The highest BCUT2D eigenvalue weighted by atomic mass is 32.2. The molecule has 8 heteroatoms. The van der Waals surface area contributed by atoms with Crippen molar-refractivity contribution in [2.45, 2.75) is 17.1 Å². The molecule has 1 aliphatic rings. The third-order valence-corrected chi connectivity index (χ3v) is 6.73. The van der Waals surface area contributed by atoms with Gasteiger partial charge in [-0.2, -0.15) is 0 Å². The molecule has 2 heterocycles. The van der Waals surface area contributed by atoms with Crippen molar-refractivity contribution in [2.75, 3.05) is 24.9 Å². The molecule has 1 amide bonds. The van der Waals surface area contributed by atoms with Gasteiger partial charge in [0.25, 0.3) is 15.9 Å². The summed E-state index contributed by atoms with van der Waals surface area (Å²) in [6, 6.07) is 9.81. The first-order valence-electron chi connectivity index (χ1n) is 7.56. The summed E-state index contributed by atoms with van der Waals surface area (Å²) in [5.74, 6) is 0.335. The normalized spacial score (nSPS) is 14.6. The number of para-hydroxylation sites is 2. The van der Waals surface area contributed by atoms with Gasteiger partial charge in [-0.3, -0.25) is 9.52 Å². The monoisotopic (exact) mass is 366 g/mol. The second-order valence-corrected chi connectivity index (χ2v) is 8.42. The second-order valence-electron chi connectivity index (χ2n) is 5.42. The number of carbonyl (C=O) groups is 1. The molecule has 1 fully saturated rings. The zero-order valence-corrected chi connectivity index (χ0v) is 14.8. The Balaban J connectivity index is 1.81. The minimum absolute atomic E-state index is 0.101. The molecule has 0 unspecified atom stereocenters. The lowest BCUT2D eigenvalue weighted by Gasteiger charge is -2.13. The van der Waals surface area contributed by atoms with Gasteiger partial charge in [0.15, 0.2) is 0 Å². The fourth-order valence-corrected chi connectivity index (χ4v) is 4.92. The average molecular weight is 366 g/mol. The molecule has 1 aromatic carbocycles. The third kappa shape index (κ3) is 3.39. The Labute approximate surface area is 145 Å². The summed E-state index contributed by atoms with van der Waals surface area (Å²) in [6.45, 7) is 1.47. The number of carbonyl (C=O) groups excluding carboxylic acids is 1. The lowest BCUT2D eigenvalue weighted by atomic mass is 10.3. The van der Waals surface area contributed by atoms with Crippen molar-refractivity contribution >= 4 is 33.0 Å². The highest BCUT2D eigenvalue weighted by molar-refractivity contribution is 7.94. The molecule has 6 nitrogen and oxygen atoms in total. The zero-order valence-electron chi connectivity index (χ0n) is 13.2. The topological polar surface area (TPSA) is 75.7 Å². The average Bonchev–Trinajstić information content (AvgIpc) is 3.26. The third-order valence-electron chi connectivity index (χ3n) is 3.80. The number of hydrogen-bond acceptors (Lipinski definition) is 5. The number of benzene rings is 1. The zero-order chi connectivity index (χ0) is 17.2. The molecular weight excluding hydrogens is 348 g/mol. The van der Waals surface area contributed by atoms with Gasteiger partial charge >= 0.3 is 0 Å². The molecule has 0 spiro atoms. The quantitative estimate of drug-likeness (QED) is 0.883. The second kappa shape index (κ2) is 6.82. The number of amides is 1. The number of sulfonamides is 1. The minimum atomic E-state index is -3.76. The molecule has 1 N–H and O–H groups in total. The van der Waals surface area contributed by atoms with Crippen LogP contribution in [0.5, 0.6) is 5.75 Å². The summed E-state index contributed by atoms with van der Waals surface area (Å²) in [6.07, 6.45) is 2.00. The summed E-state index contributed by atoms with van der Waals surface area (Å²) < 4.78 is 32.9. The van der Waals surface area contributed by atoms with Crippen LogP contribution in [0.2, 0.25) is 0 Å².